The summed E-state index contributed by atoms with van der Waals surface area (Å²) >= 11 is 7.70. The van der Waals surface area contributed by atoms with Gasteiger partial charge in [0.05, 0.1) is 17.5 Å². The Hall–Kier alpha value is -2.51. The van der Waals surface area contributed by atoms with Gasteiger partial charge in [-0.1, -0.05) is 29.4 Å². The van der Waals surface area contributed by atoms with Crippen LogP contribution in [0, 0.1) is 6.92 Å². The van der Waals surface area contributed by atoms with Crippen molar-refractivity contribution in [3.05, 3.63) is 58.9 Å². The fourth-order valence-electron chi connectivity index (χ4n) is 2.64. The molecule has 0 saturated carbocycles. The highest BCUT2D eigenvalue weighted by molar-refractivity contribution is 8.00. The van der Waals surface area contributed by atoms with E-state index in [2.05, 4.69) is 10.2 Å². The summed E-state index contributed by atoms with van der Waals surface area (Å²) in [6.45, 7) is 8.13. The van der Waals surface area contributed by atoms with Gasteiger partial charge in [-0.05, 0) is 69.7 Å². The van der Waals surface area contributed by atoms with Gasteiger partial charge < -0.3 is 9.47 Å². The van der Waals surface area contributed by atoms with Crippen LogP contribution in [0.3, 0.4) is 0 Å². The molecule has 0 fully saturated rings. The van der Waals surface area contributed by atoms with E-state index in [4.69, 9.17) is 21.1 Å². The third-order valence-corrected chi connectivity index (χ3v) is 6.04. The molecule has 3 aromatic rings. The number of aryl methyl sites for hydroxylation is 1. The zero-order valence-corrected chi connectivity index (χ0v) is 19.0. The molecule has 1 aromatic heterocycles. The van der Waals surface area contributed by atoms with Gasteiger partial charge in [0, 0.05) is 5.02 Å². The number of ketones is 1. The van der Waals surface area contributed by atoms with E-state index in [-0.39, 0.29) is 17.6 Å². The van der Waals surface area contributed by atoms with E-state index in [1.807, 2.05) is 67.8 Å². The summed E-state index contributed by atoms with van der Waals surface area (Å²) < 4.78 is 13.3. The molecule has 0 bridgehead atoms. The minimum absolute atomic E-state index is 0.0728. The lowest BCUT2D eigenvalue weighted by Gasteiger charge is -2.14. The fraction of sp³-hybridized carbons (Fsp3) is 0.318. The van der Waals surface area contributed by atoms with Gasteiger partial charge in [0.1, 0.15) is 23.9 Å². The second-order valence-electron chi connectivity index (χ2n) is 6.73. The number of benzene rings is 2. The Balaban J connectivity index is 1.88. The molecule has 0 spiro atoms. The van der Waals surface area contributed by atoms with E-state index in [0.717, 1.165) is 17.0 Å². The maximum Gasteiger partial charge on any atom is 0.196 e. The number of thioether (sulfide) groups is 1. The predicted molar refractivity (Wildman–Crippen MR) is 119 cm³/mol. The largest absolute Gasteiger partial charge is 0.494 e. The Morgan fingerprint density at radius 1 is 1.13 bits per heavy atom. The van der Waals surface area contributed by atoms with Gasteiger partial charge in [0.25, 0.3) is 0 Å². The number of halogens is 1. The van der Waals surface area contributed by atoms with Crippen LogP contribution in [0.15, 0.2) is 47.6 Å². The van der Waals surface area contributed by atoms with Crippen molar-refractivity contribution in [3.63, 3.8) is 0 Å². The zero-order chi connectivity index (χ0) is 21.7. The summed E-state index contributed by atoms with van der Waals surface area (Å²) in [5, 5.41) is 9.63. The molecule has 0 N–H and O–H groups in total. The van der Waals surface area contributed by atoms with Gasteiger partial charge >= 0.3 is 0 Å². The van der Waals surface area contributed by atoms with Gasteiger partial charge in [0.2, 0.25) is 0 Å². The van der Waals surface area contributed by atoms with Crippen molar-refractivity contribution in [3.8, 4) is 17.2 Å². The number of carbonyl (C=O) groups excluding carboxylic acids is 1. The molecule has 6 nitrogen and oxygen atoms in total. The second kappa shape index (κ2) is 10.00. The van der Waals surface area contributed by atoms with E-state index in [0.29, 0.717) is 28.4 Å². The van der Waals surface area contributed by atoms with Gasteiger partial charge in [0.15, 0.2) is 11.0 Å². The lowest BCUT2D eigenvalue weighted by molar-refractivity contribution is -0.116. The number of ether oxygens (including phenoxy) is 2. The Morgan fingerprint density at radius 2 is 1.80 bits per heavy atom. The smallest absolute Gasteiger partial charge is 0.196 e. The molecule has 0 aliphatic heterocycles. The molecule has 3 rings (SSSR count). The Kier molecular flexibility index (Phi) is 7.39. The molecule has 0 saturated heterocycles. The number of hydrogen-bond donors (Lipinski definition) is 0. The van der Waals surface area contributed by atoms with Crippen molar-refractivity contribution in [1.82, 2.24) is 14.8 Å². The second-order valence-corrected chi connectivity index (χ2v) is 8.45. The number of rotatable bonds is 9. The standard InChI is InChI=1S/C22H24ClN3O3S/c1-5-28-18-8-10-19(11-9-18)29-13-21-24-25-22(30-16(4)15(3)27)26(21)17-7-6-14(2)20(23)12-17/h6-12,16H,5,13H2,1-4H3/t16-/m1/s1. The number of aromatic nitrogens is 3. The normalized spacial score (nSPS) is 11.9. The summed E-state index contributed by atoms with van der Waals surface area (Å²) in [6, 6.07) is 13.2. The average Bonchev–Trinajstić information content (AvgIpc) is 3.12. The molecule has 0 radical (unpaired) electrons. The zero-order valence-electron chi connectivity index (χ0n) is 17.4. The molecule has 2 aromatic carbocycles. The summed E-state index contributed by atoms with van der Waals surface area (Å²) in [4.78, 5) is 11.8. The maximum atomic E-state index is 11.8. The van der Waals surface area contributed by atoms with Crippen molar-refractivity contribution in [2.45, 2.75) is 44.7 Å². The molecule has 30 heavy (non-hydrogen) atoms. The minimum atomic E-state index is -0.242. The number of Topliss-reactive ketones (excluding diaryl/α,β-unsaturated/α-hetero) is 1. The summed E-state index contributed by atoms with van der Waals surface area (Å²) in [6.07, 6.45) is 0. The topological polar surface area (TPSA) is 66.2 Å². The van der Waals surface area contributed by atoms with Crippen molar-refractivity contribution < 1.29 is 14.3 Å². The highest BCUT2D eigenvalue weighted by Crippen LogP contribution is 2.29. The van der Waals surface area contributed by atoms with Crippen LogP contribution in [0.5, 0.6) is 11.5 Å². The molecule has 158 valence electrons. The number of hydrogen-bond acceptors (Lipinski definition) is 6. The SMILES string of the molecule is CCOc1ccc(OCc2nnc(S[C@H](C)C(C)=O)n2-c2ccc(C)c(Cl)c2)cc1. The van der Waals surface area contributed by atoms with Crippen LogP contribution in [0.1, 0.15) is 32.2 Å². The fourth-order valence-corrected chi connectivity index (χ4v) is 3.70. The van der Waals surface area contributed by atoms with Crippen LogP contribution in [0.4, 0.5) is 0 Å². The Bertz CT molecular complexity index is 1020. The molecule has 0 aliphatic carbocycles. The first kappa shape index (κ1) is 22.2. The molecule has 0 amide bonds. The van der Waals surface area contributed by atoms with Crippen molar-refractivity contribution >= 4 is 29.1 Å². The van der Waals surface area contributed by atoms with Gasteiger partial charge in [-0.25, -0.2) is 0 Å². The van der Waals surface area contributed by atoms with Gasteiger partial charge in [-0.3, -0.25) is 9.36 Å². The number of nitrogens with zero attached hydrogens (tertiary/aromatic N) is 3. The predicted octanol–water partition coefficient (Wildman–Crippen LogP) is 5.28. The third-order valence-electron chi connectivity index (χ3n) is 4.47. The molecule has 1 heterocycles. The molecule has 1 atom stereocenters. The lowest BCUT2D eigenvalue weighted by atomic mass is 10.2. The van der Waals surface area contributed by atoms with Gasteiger partial charge in [-0.2, -0.15) is 0 Å². The van der Waals surface area contributed by atoms with Crippen LogP contribution < -0.4 is 9.47 Å². The Labute approximate surface area is 185 Å². The summed E-state index contributed by atoms with van der Waals surface area (Å²) in [7, 11) is 0. The third kappa shape index (κ3) is 5.34. The van der Waals surface area contributed by atoms with E-state index >= 15 is 0 Å². The quantitative estimate of drug-likeness (QED) is 0.417. The maximum absolute atomic E-state index is 11.8. The van der Waals surface area contributed by atoms with Crippen LogP contribution in [-0.2, 0) is 11.4 Å². The number of carbonyl (C=O) groups is 1. The first-order valence-electron chi connectivity index (χ1n) is 9.62. The lowest BCUT2D eigenvalue weighted by Crippen LogP contribution is -2.11. The molecular formula is C22H24ClN3O3S. The highest BCUT2D eigenvalue weighted by atomic mass is 35.5. The summed E-state index contributed by atoms with van der Waals surface area (Å²) in [5.74, 6) is 2.17. The van der Waals surface area contributed by atoms with Crippen LogP contribution in [-0.4, -0.2) is 32.4 Å². The van der Waals surface area contributed by atoms with Crippen LogP contribution in [0.2, 0.25) is 5.02 Å². The first-order valence-corrected chi connectivity index (χ1v) is 10.9. The highest BCUT2D eigenvalue weighted by Gasteiger charge is 2.20. The Morgan fingerprint density at radius 3 is 2.40 bits per heavy atom. The van der Waals surface area contributed by atoms with E-state index < -0.39 is 0 Å². The molecule has 8 heteroatoms. The van der Waals surface area contributed by atoms with E-state index in [9.17, 15) is 4.79 Å². The molecule has 0 aliphatic rings. The average molecular weight is 446 g/mol. The van der Waals surface area contributed by atoms with Crippen LogP contribution in [0.25, 0.3) is 5.69 Å². The molecule has 0 unspecified atom stereocenters. The van der Waals surface area contributed by atoms with Crippen LogP contribution >= 0.6 is 23.4 Å². The van der Waals surface area contributed by atoms with Crippen molar-refractivity contribution in [1.29, 1.82) is 0 Å². The van der Waals surface area contributed by atoms with E-state index in [1.54, 1.807) is 6.92 Å². The van der Waals surface area contributed by atoms with Crippen molar-refractivity contribution in [2.75, 3.05) is 6.61 Å². The summed E-state index contributed by atoms with van der Waals surface area (Å²) in [5.41, 5.74) is 1.80. The van der Waals surface area contributed by atoms with E-state index in [1.165, 1.54) is 11.8 Å². The van der Waals surface area contributed by atoms with Gasteiger partial charge in [-0.15, -0.1) is 10.2 Å². The van der Waals surface area contributed by atoms with Crippen molar-refractivity contribution in [2.24, 2.45) is 0 Å². The molecular weight excluding hydrogens is 422 g/mol. The first-order chi connectivity index (χ1) is 14.4. The monoisotopic (exact) mass is 445 g/mol. The minimum Gasteiger partial charge on any atom is -0.494 e.